The van der Waals surface area contributed by atoms with Gasteiger partial charge in [0.2, 0.25) is 23.6 Å². The lowest BCUT2D eigenvalue weighted by atomic mass is 9.99. The number of halogens is 1. The lowest BCUT2D eigenvalue weighted by Crippen LogP contribution is -2.55. The average Bonchev–Trinajstić information content (AvgIpc) is 3.80. The molecule has 1 unspecified atom stereocenters. The number of hydrazine groups is 1. The number of aromatic nitrogens is 3. The molecule has 3 N–H and O–H groups in total. The topological polar surface area (TPSA) is 219 Å². The summed E-state index contributed by atoms with van der Waals surface area (Å²) in [5, 5.41) is 17.7. The summed E-state index contributed by atoms with van der Waals surface area (Å²) in [7, 11) is 1.47. The lowest BCUT2D eigenvalue weighted by molar-refractivity contribution is -0.137. The largest absolute Gasteiger partial charge is 0.382 e. The smallest absolute Gasteiger partial charge is 0.257 e. The van der Waals surface area contributed by atoms with Gasteiger partial charge in [0.1, 0.15) is 22.9 Å². The van der Waals surface area contributed by atoms with E-state index in [1.54, 1.807) is 28.4 Å². The number of piperazine rings is 1. The summed E-state index contributed by atoms with van der Waals surface area (Å²) < 4.78 is 18.9. The van der Waals surface area contributed by atoms with Crippen LogP contribution < -0.4 is 16.1 Å². The molecule has 2 fully saturated rings. The van der Waals surface area contributed by atoms with Gasteiger partial charge >= 0.3 is 0 Å². The van der Waals surface area contributed by atoms with E-state index in [9.17, 15) is 28.8 Å². The quantitative estimate of drug-likeness (QED) is 0.0656. The number of carbonyl (C=O) groups excluding carboxylic acids is 6. The van der Waals surface area contributed by atoms with Crippen LogP contribution in [-0.2, 0) is 33.4 Å². The Balaban J connectivity index is 0.771. The summed E-state index contributed by atoms with van der Waals surface area (Å²) in [6.07, 6.45) is 1.17. The van der Waals surface area contributed by atoms with Crippen molar-refractivity contribution in [2.75, 3.05) is 84.7 Å². The zero-order valence-electron chi connectivity index (χ0n) is 38.0. The molecule has 0 saturated carbocycles. The molecule has 3 aliphatic rings. The second kappa shape index (κ2) is 22.7. The molecule has 67 heavy (non-hydrogen) atoms. The van der Waals surface area contributed by atoms with Crippen LogP contribution in [0.15, 0.2) is 47.5 Å². The molecule has 5 heterocycles. The van der Waals surface area contributed by atoms with E-state index in [0.717, 1.165) is 33.2 Å². The Hall–Kier alpha value is -5.90. The van der Waals surface area contributed by atoms with Gasteiger partial charge in [-0.3, -0.25) is 49.1 Å². The van der Waals surface area contributed by atoms with Crippen LogP contribution >= 0.6 is 22.9 Å². The van der Waals surface area contributed by atoms with E-state index in [4.69, 9.17) is 30.8 Å². The fourth-order valence-corrected chi connectivity index (χ4v) is 9.46. The zero-order chi connectivity index (χ0) is 47.6. The van der Waals surface area contributed by atoms with Gasteiger partial charge < -0.3 is 29.3 Å². The molecule has 0 radical (unpaired) electrons. The molecule has 0 bridgehead atoms. The fourth-order valence-electron chi connectivity index (χ4n) is 8.12. The number of anilines is 1. The SMILES string of the molecule is Cc1sc2c(c1C)C(c1ccc(Cl)cc1)=N[C@@H](CC(=O)N1CCN(NC(=O)CCOCCOCCOCCNc3cccc(C=O)c3C(=O)N(C)C3CCC(=O)NC3=O)CC1)c1nnc(C)n1-2. The Morgan fingerprint density at radius 3 is 2.34 bits per heavy atom. The molecule has 2 aromatic heterocycles. The number of aryl methyl sites for hydroxylation is 2. The minimum absolute atomic E-state index is 0.0551. The van der Waals surface area contributed by atoms with Crippen LogP contribution in [0, 0.1) is 20.8 Å². The van der Waals surface area contributed by atoms with E-state index in [1.807, 2.05) is 40.8 Å². The first-order valence-electron chi connectivity index (χ1n) is 22.2. The number of carbonyl (C=O) groups is 6. The first-order chi connectivity index (χ1) is 32.3. The van der Waals surface area contributed by atoms with Crippen LogP contribution in [0.4, 0.5) is 5.69 Å². The van der Waals surface area contributed by atoms with Crippen molar-refractivity contribution in [3.8, 4) is 5.00 Å². The van der Waals surface area contributed by atoms with Gasteiger partial charge in [-0.1, -0.05) is 35.9 Å². The van der Waals surface area contributed by atoms with Crippen LogP contribution in [0.25, 0.3) is 5.00 Å². The molecular weight excluding hydrogens is 904 g/mol. The minimum Gasteiger partial charge on any atom is -0.382 e. The monoisotopic (exact) mass is 958 g/mol. The number of piperidine rings is 1. The molecular formula is C46H55ClN10O9S. The predicted molar refractivity (Wildman–Crippen MR) is 250 cm³/mol. The van der Waals surface area contributed by atoms with E-state index in [1.165, 1.54) is 22.9 Å². The fraction of sp³-hybridized carbons (Fsp3) is 0.457. The average molecular weight is 960 g/mol. The Labute approximate surface area is 397 Å². The molecule has 0 aliphatic carbocycles. The predicted octanol–water partition coefficient (Wildman–Crippen LogP) is 3.61. The number of fused-ring (bicyclic) bond motifs is 3. The minimum atomic E-state index is -0.830. The molecule has 5 amide bonds. The maximum absolute atomic E-state index is 13.8. The molecule has 4 aromatic rings. The van der Waals surface area contributed by atoms with Crippen molar-refractivity contribution in [3.63, 3.8) is 0 Å². The highest BCUT2D eigenvalue weighted by atomic mass is 35.5. The third-order valence-electron chi connectivity index (χ3n) is 11.9. The molecule has 7 rings (SSSR count). The summed E-state index contributed by atoms with van der Waals surface area (Å²) in [5.41, 5.74) is 7.46. The highest BCUT2D eigenvalue weighted by Gasteiger charge is 2.36. The number of thiophene rings is 1. The Bertz CT molecular complexity index is 2500. The van der Waals surface area contributed by atoms with Crippen molar-refractivity contribution in [2.24, 2.45) is 4.99 Å². The number of benzene rings is 2. The zero-order valence-corrected chi connectivity index (χ0v) is 39.5. The molecule has 0 spiro atoms. The van der Waals surface area contributed by atoms with E-state index in [-0.39, 0.29) is 67.7 Å². The van der Waals surface area contributed by atoms with Crippen LogP contribution in [-0.4, -0.2) is 157 Å². The molecule has 21 heteroatoms. The molecule has 2 aromatic carbocycles. The second-order valence-corrected chi connectivity index (χ2v) is 17.9. The summed E-state index contributed by atoms with van der Waals surface area (Å²) in [5.74, 6) is -0.347. The number of aliphatic imine (C=N–C) groups is 1. The van der Waals surface area contributed by atoms with E-state index >= 15 is 0 Å². The number of rotatable bonds is 20. The Morgan fingerprint density at radius 2 is 1.64 bits per heavy atom. The number of hydrogen-bond acceptors (Lipinski definition) is 15. The lowest BCUT2D eigenvalue weighted by Gasteiger charge is -2.35. The summed E-state index contributed by atoms with van der Waals surface area (Å²) in [6.45, 7) is 9.95. The van der Waals surface area contributed by atoms with Crippen molar-refractivity contribution in [2.45, 2.75) is 58.5 Å². The van der Waals surface area contributed by atoms with Gasteiger partial charge in [-0.2, -0.15) is 0 Å². The van der Waals surface area contributed by atoms with Gasteiger partial charge in [0.25, 0.3) is 5.91 Å². The van der Waals surface area contributed by atoms with Crippen LogP contribution in [0.5, 0.6) is 0 Å². The maximum Gasteiger partial charge on any atom is 0.257 e. The van der Waals surface area contributed by atoms with Crippen LogP contribution in [0.1, 0.15) is 85.7 Å². The van der Waals surface area contributed by atoms with E-state index < -0.39 is 23.9 Å². The molecule has 19 nitrogen and oxygen atoms in total. The highest BCUT2D eigenvalue weighted by Crippen LogP contribution is 2.40. The van der Waals surface area contributed by atoms with Gasteiger partial charge in [0, 0.05) is 78.5 Å². The third kappa shape index (κ3) is 11.8. The first kappa shape index (κ1) is 49.0. The highest BCUT2D eigenvalue weighted by molar-refractivity contribution is 7.15. The third-order valence-corrected chi connectivity index (χ3v) is 13.3. The summed E-state index contributed by atoms with van der Waals surface area (Å²) in [6, 6.07) is 11.0. The van der Waals surface area contributed by atoms with Crippen LogP contribution in [0.2, 0.25) is 5.02 Å². The summed E-state index contributed by atoms with van der Waals surface area (Å²) >= 11 is 7.91. The maximum atomic E-state index is 13.8. The number of hydrogen-bond donors (Lipinski definition) is 3. The van der Waals surface area contributed by atoms with Gasteiger partial charge in [-0.25, -0.2) is 5.01 Å². The number of likely N-dealkylation sites (N-methyl/N-ethyl adjacent to an activating group) is 1. The van der Waals surface area contributed by atoms with E-state index in [0.29, 0.717) is 82.0 Å². The van der Waals surface area contributed by atoms with Crippen molar-refractivity contribution in [1.29, 1.82) is 0 Å². The molecule has 356 valence electrons. The Morgan fingerprint density at radius 1 is 0.940 bits per heavy atom. The first-order valence-corrected chi connectivity index (χ1v) is 23.4. The van der Waals surface area contributed by atoms with E-state index in [2.05, 4.69) is 40.1 Å². The number of nitrogens with one attached hydrogen (secondary N) is 3. The number of amides is 5. The molecule has 3 aliphatic heterocycles. The van der Waals surface area contributed by atoms with Gasteiger partial charge in [-0.05, 0) is 51.0 Å². The second-order valence-electron chi connectivity index (χ2n) is 16.3. The van der Waals surface area contributed by atoms with Crippen molar-refractivity contribution >= 4 is 70.2 Å². The number of nitrogens with zero attached hydrogens (tertiary/aromatic N) is 7. The van der Waals surface area contributed by atoms with Crippen molar-refractivity contribution < 1.29 is 43.0 Å². The standard InChI is InChI=1S/C46H55ClN10O9S/c1-28-29(2)67-46-40(28)42(31-8-10-33(47)11-9-31)49-35(43-52-51-30(3)57(43)46)26-39(61)55-16-18-56(19-17-55)53-38(60)14-20-64-22-24-66-25-23-65-21-15-48-34-7-5-6-32(27-58)41(34)45(63)54(4)36-12-13-37(59)50-44(36)62/h5-11,27,35-36,48H,12-26H2,1-4H3,(H,53,60)(H,50,59,62)/t35-,36?/m0/s1. The van der Waals surface area contributed by atoms with Gasteiger partial charge in [-0.15, -0.1) is 21.5 Å². The van der Waals surface area contributed by atoms with Crippen molar-refractivity contribution in [1.82, 2.24) is 40.3 Å². The molecule has 2 saturated heterocycles. The van der Waals surface area contributed by atoms with Gasteiger partial charge in [0.15, 0.2) is 12.1 Å². The van der Waals surface area contributed by atoms with Gasteiger partial charge in [0.05, 0.1) is 63.8 Å². The normalized spacial score (nSPS) is 17.2. The van der Waals surface area contributed by atoms with Crippen LogP contribution in [0.3, 0.4) is 0 Å². The van der Waals surface area contributed by atoms with Crippen molar-refractivity contribution in [3.05, 3.63) is 91.8 Å². The number of ether oxygens (including phenoxy) is 3. The summed E-state index contributed by atoms with van der Waals surface area (Å²) in [4.78, 5) is 85.2. The Kier molecular flexibility index (Phi) is 16.6. The number of imide groups is 1. The number of aldehydes is 1. The molecule has 2 atom stereocenters.